The van der Waals surface area contributed by atoms with E-state index in [2.05, 4.69) is 5.32 Å². The van der Waals surface area contributed by atoms with E-state index in [1.165, 1.54) is 36.4 Å². The standard InChI is InChI=1S/C14H11F2NO/c1-9-2-7-13(16)12(8-9)14(18)17-11-5-3-10(15)4-6-11/h2-8H,1H3,(H,17,18). The molecule has 2 rings (SSSR count). The summed E-state index contributed by atoms with van der Waals surface area (Å²) < 4.78 is 26.2. The van der Waals surface area contributed by atoms with Crippen LogP contribution in [0.4, 0.5) is 14.5 Å². The molecule has 0 heterocycles. The fourth-order valence-corrected chi connectivity index (χ4v) is 1.54. The molecule has 18 heavy (non-hydrogen) atoms. The Morgan fingerprint density at radius 1 is 1.06 bits per heavy atom. The Balaban J connectivity index is 2.21. The maximum Gasteiger partial charge on any atom is 0.258 e. The van der Waals surface area contributed by atoms with Crippen molar-refractivity contribution >= 4 is 11.6 Å². The molecule has 2 nitrogen and oxygen atoms in total. The maximum absolute atomic E-state index is 13.5. The van der Waals surface area contributed by atoms with Gasteiger partial charge in [0.25, 0.3) is 5.91 Å². The van der Waals surface area contributed by atoms with Crippen molar-refractivity contribution in [3.63, 3.8) is 0 Å². The van der Waals surface area contributed by atoms with Crippen LogP contribution in [0, 0.1) is 18.6 Å². The number of rotatable bonds is 2. The average Bonchev–Trinajstić information content (AvgIpc) is 2.35. The van der Waals surface area contributed by atoms with Crippen LogP contribution >= 0.6 is 0 Å². The molecule has 0 radical (unpaired) electrons. The van der Waals surface area contributed by atoms with Gasteiger partial charge in [0.15, 0.2) is 0 Å². The molecule has 1 N–H and O–H groups in total. The number of nitrogens with one attached hydrogen (secondary N) is 1. The highest BCUT2D eigenvalue weighted by Gasteiger charge is 2.11. The SMILES string of the molecule is Cc1ccc(F)c(C(=O)Nc2ccc(F)cc2)c1. The third-order valence-electron chi connectivity index (χ3n) is 2.47. The molecule has 0 unspecified atom stereocenters. The smallest absolute Gasteiger partial charge is 0.258 e. The van der Waals surface area contributed by atoms with Crippen LogP contribution in [-0.2, 0) is 0 Å². The zero-order chi connectivity index (χ0) is 13.1. The van der Waals surface area contributed by atoms with Gasteiger partial charge in [0.2, 0.25) is 0 Å². The lowest BCUT2D eigenvalue weighted by molar-refractivity contribution is 0.102. The second-order valence-corrected chi connectivity index (χ2v) is 3.94. The summed E-state index contributed by atoms with van der Waals surface area (Å²) in [6, 6.07) is 9.58. The summed E-state index contributed by atoms with van der Waals surface area (Å²) in [5.41, 5.74) is 1.18. The molecule has 0 aliphatic heterocycles. The van der Waals surface area contributed by atoms with E-state index < -0.39 is 17.5 Å². The van der Waals surface area contributed by atoms with E-state index in [4.69, 9.17) is 0 Å². The Bertz CT molecular complexity index is 579. The number of anilines is 1. The molecule has 1 amide bonds. The number of amides is 1. The molecule has 2 aromatic carbocycles. The van der Waals surface area contributed by atoms with Gasteiger partial charge in [-0.2, -0.15) is 0 Å². The summed E-state index contributed by atoms with van der Waals surface area (Å²) in [5, 5.41) is 2.51. The molecule has 0 aliphatic carbocycles. The van der Waals surface area contributed by atoms with Gasteiger partial charge < -0.3 is 5.32 Å². The Hall–Kier alpha value is -2.23. The van der Waals surface area contributed by atoms with Crippen LogP contribution in [0.15, 0.2) is 42.5 Å². The molecular weight excluding hydrogens is 236 g/mol. The van der Waals surface area contributed by atoms with Crippen LogP contribution < -0.4 is 5.32 Å². The number of hydrogen-bond donors (Lipinski definition) is 1. The van der Waals surface area contributed by atoms with E-state index in [9.17, 15) is 13.6 Å². The van der Waals surface area contributed by atoms with Gasteiger partial charge in [-0.25, -0.2) is 8.78 Å². The summed E-state index contributed by atoms with van der Waals surface area (Å²) >= 11 is 0. The van der Waals surface area contributed by atoms with Crippen molar-refractivity contribution in [1.82, 2.24) is 0 Å². The first-order chi connectivity index (χ1) is 8.56. The monoisotopic (exact) mass is 247 g/mol. The van der Waals surface area contributed by atoms with Crippen molar-refractivity contribution < 1.29 is 13.6 Å². The minimum absolute atomic E-state index is 0.0284. The fourth-order valence-electron chi connectivity index (χ4n) is 1.54. The number of carbonyl (C=O) groups excluding carboxylic acids is 1. The molecule has 92 valence electrons. The van der Waals surface area contributed by atoms with Gasteiger partial charge in [-0.3, -0.25) is 4.79 Å². The van der Waals surface area contributed by atoms with Gasteiger partial charge in [0.1, 0.15) is 11.6 Å². The lowest BCUT2D eigenvalue weighted by Gasteiger charge is -2.06. The van der Waals surface area contributed by atoms with Crippen molar-refractivity contribution in [2.45, 2.75) is 6.92 Å². The Morgan fingerprint density at radius 3 is 2.39 bits per heavy atom. The highest BCUT2D eigenvalue weighted by atomic mass is 19.1. The average molecular weight is 247 g/mol. The Labute approximate surface area is 103 Å². The first-order valence-electron chi connectivity index (χ1n) is 5.39. The van der Waals surface area contributed by atoms with Gasteiger partial charge in [0.05, 0.1) is 5.56 Å². The van der Waals surface area contributed by atoms with Crippen molar-refractivity contribution in [2.75, 3.05) is 5.32 Å². The molecule has 0 aliphatic rings. The van der Waals surface area contributed by atoms with Crippen molar-refractivity contribution in [1.29, 1.82) is 0 Å². The van der Waals surface area contributed by atoms with E-state index in [0.717, 1.165) is 5.56 Å². The maximum atomic E-state index is 13.5. The fraction of sp³-hybridized carbons (Fsp3) is 0.0714. The second kappa shape index (κ2) is 4.96. The summed E-state index contributed by atoms with van der Waals surface area (Å²) in [4.78, 5) is 11.8. The molecule has 0 atom stereocenters. The van der Waals surface area contributed by atoms with Crippen LogP contribution in [0.3, 0.4) is 0 Å². The van der Waals surface area contributed by atoms with Gasteiger partial charge in [-0.15, -0.1) is 0 Å². The normalized spacial score (nSPS) is 10.2. The third kappa shape index (κ3) is 2.71. The molecule has 0 spiro atoms. The van der Waals surface area contributed by atoms with E-state index in [-0.39, 0.29) is 5.56 Å². The number of benzene rings is 2. The molecule has 0 aromatic heterocycles. The lowest BCUT2D eigenvalue weighted by Crippen LogP contribution is -2.13. The topological polar surface area (TPSA) is 29.1 Å². The van der Waals surface area contributed by atoms with E-state index in [1.54, 1.807) is 13.0 Å². The van der Waals surface area contributed by atoms with Crippen molar-refractivity contribution in [2.24, 2.45) is 0 Å². The van der Waals surface area contributed by atoms with Crippen molar-refractivity contribution in [3.8, 4) is 0 Å². The first-order valence-corrected chi connectivity index (χ1v) is 5.39. The van der Waals surface area contributed by atoms with Crippen LogP contribution in [-0.4, -0.2) is 5.91 Å². The van der Waals surface area contributed by atoms with Crippen LogP contribution in [0.1, 0.15) is 15.9 Å². The number of aryl methyl sites for hydroxylation is 1. The zero-order valence-electron chi connectivity index (χ0n) is 9.71. The molecule has 0 fully saturated rings. The zero-order valence-corrected chi connectivity index (χ0v) is 9.71. The largest absolute Gasteiger partial charge is 0.322 e. The highest BCUT2D eigenvalue weighted by Crippen LogP contribution is 2.14. The Morgan fingerprint density at radius 2 is 1.72 bits per heavy atom. The molecule has 0 bridgehead atoms. The molecule has 2 aromatic rings. The second-order valence-electron chi connectivity index (χ2n) is 3.94. The summed E-state index contributed by atoms with van der Waals surface area (Å²) in [6.07, 6.45) is 0. The third-order valence-corrected chi connectivity index (χ3v) is 2.47. The minimum Gasteiger partial charge on any atom is -0.322 e. The van der Waals surface area contributed by atoms with Gasteiger partial charge in [-0.1, -0.05) is 11.6 Å². The van der Waals surface area contributed by atoms with Crippen LogP contribution in [0.25, 0.3) is 0 Å². The summed E-state index contributed by atoms with van der Waals surface area (Å²) in [7, 11) is 0. The minimum atomic E-state index is -0.583. The molecule has 0 saturated heterocycles. The van der Waals surface area contributed by atoms with Gasteiger partial charge >= 0.3 is 0 Å². The van der Waals surface area contributed by atoms with E-state index in [1.807, 2.05) is 0 Å². The molecule has 0 saturated carbocycles. The van der Waals surface area contributed by atoms with E-state index >= 15 is 0 Å². The predicted molar refractivity (Wildman–Crippen MR) is 65.5 cm³/mol. The molecular formula is C14H11F2NO. The van der Waals surface area contributed by atoms with Gasteiger partial charge in [0, 0.05) is 5.69 Å². The van der Waals surface area contributed by atoms with Crippen LogP contribution in [0.5, 0.6) is 0 Å². The quantitative estimate of drug-likeness (QED) is 0.864. The summed E-state index contributed by atoms with van der Waals surface area (Å²) in [6.45, 7) is 1.77. The van der Waals surface area contributed by atoms with Gasteiger partial charge in [-0.05, 0) is 43.3 Å². The number of carbonyl (C=O) groups is 1. The van der Waals surface area contributed by atoms with Crippen LogP contribution in [0.2, 0.25) is 0 Å². The number of halogens is 2. The lowest BCUT2D eigenvalue weighted by atomic mass is 10.1. The molecule has 4 heteroatoms. The number of hydrogen-bond acceptors (Lipinski definition) is 1. The highest BCUT2D eigenvalue weighted by molar-refractivity contribution is 6.04. The summed E-state index contributed by atoms with van der Waals surface area (Å²) in [5.74, 6) is -1.53. The predicted octanol–water partition coefficient (Wildman–Crippen LogP) is 3.53. The Kier molecular flexibility index (Phi) is 3.37. The first kappa shape index (κ1) is 12.2. The van der Waals surface area contributed by atoms with Crippen molar-refractivity contribution in [3.05, 3.63) is 65.2 Å². The van der Waals surface area contributed by atoms with E-state index in [0.29, 0.717) is 5.69 Å².